The Hall–Kier alpha value is -1.15. The molecule has 0 saturated heterocycles. The van der Waals surface area contributed by atoms with E-state index in [1.807, 2.05) is 0 Å². The van der Waals surface area contributed by atoms with Gasteiger partial charge in [0.05, 0.1) is 0 Å². The number of rotatable bonds is 5. The van der Waals surface area contributed by atoms with Crippen LogP contribution in [0.15, 0.2) is 24.3 Å². The average molecular weight is 279 g/mol. The van der Waals surface area contributed by atoms with Gasteiger partial charge < -0.3 is 0 Å². The molecule has 8 heteroatoms. The molecule has 0 atom stereocenters. The van der Waals surface area contributed by atoms with E-state index in [0.29, 0.717) is 10.6 Å². The molecule has 1 rings (SSSR count). The summed E-state index contributed by atoms with van der Waals surface area (Å²) in [6.45, 7) is 0.0538. The first kappa shape index (κ1) is 13.9. The van der Waals surface area contributed by atoms with Gasteiger partial charge in [-0.15, -0.1) is 0 Å². The van der Waals surface area contributed by atoms with Crippen LogP contribution in [0.25, 0.3) is 0 Å². The Morgan fingerprint density at radius 2 is 1.88 bits per heavy atom. The average Bonchev–Trinajstić information content (AvgIpc) is 2.28. The highest BCUT2D eigenvalue weighted by atomic mass is 35.5. The second kappa shape index (κ2) is 5.97. The third kappa shape index (κ3) is 5.14. The maximum absolute atomic E-state index is 11.3. The van der Waals surface area contributed by atoms with Gasteiger partial charge in [0.1, 0.15) is 5.75 Å². The molecule has 0 unspecified atom stereocenters. The van der Waals surface area contributed by atoms with E-state index in [4.69, 9.17) is 16.8 Å². The first-order chi connectivity index (χ1) is 7.93. The van der Waals surface area contributed by atoms with Gasteiger partial charge in [0, 0.05) is 11.6 Å². The van der Waals surface area contributed by atoms with E-state index in [1.54, 1.807) is 24.3 Å². The van der Waals surface area contributed by atoms with Crippen molar-refractivity contribution in [1.29, 1.82) is 0 Å². The molecule has 0 bridgehead atoms. The van der Waals surface area contributed by atoms with Crippen LogP contribution in [0.5, 0.6) is 0 Å². The first-order valence-electron chi connectivity index (χ1n) is 4.57. The van der Waals surface area contributed by atoms with Crippen molar-refractivity contribution < 1.29 is 18.4 Å². The molecule has 0 aliphatic rings. The molecule has 3 N–H and O–H groups in total. The van der Waals surface area contributed by atoms with E-state index in [1.165, 1.54) is 5.48 Å². The Morgan fingerprint density at radius 3 is 2.41 bits per heavy atom. The van der Waals surface area contributed by atoms with Gasteiger partial charge in [-0.3, -0.25) is 10.0 Å². The first-order valence-corrected chi connectivity index (χ1v) is 6.61. The third-order valence-electron chi connectivity index (χ3n) is 1.86. The van der Waals surface area contributed by atoms with Crippen molar-refractivity contribution in [3.8, 4) is 0 Å². The second-order valence-electron chi connectivity index (χ2n) is 3.24. The van der Waals surface area contributed by atoms with Crippen molar-refractivity contribution >= 4 is 27.5 Å². The summed E-state index contributed by atoms with van der Waals surface area (Å²) < 4.78 is 24.9. The molecule has 1 amide bonds. The smallest absolute Gasteiger partial charge is 0.259 e. The summed E-state index contributed by atoms with van der Waals surface area (Å²) in [6.07, 6.45) is 0. The predicted octanol–water partition coefficient (Wildman–Crippen LogP) is 0.265. The summed E-state index contributed by atoms with van der Waals surface area (Å²) in [5, 5.41) is 8.76. The van der Waals surface area contributed by atoms with Crippen LogP contribution in [0, 0.1) is 0 Å². The largest absolute Gasteiger partial charge is 0.289 e. The number of carbonyl (C=O) groups is 1. The lowest BCUT2D eigenvalue weighted by atomic mass is 10.2. The van der Waals surface area contributed by atoms with E-state index >= 15 is 0 Å². The predicted molar refractivity (Wildman–Crippen MR) is 62.0 cm³/mol. The molecule has 0 radical (unpaired) electrons. The van der Waals surface area contributed by atoms with E-state index in [0.717, 1.165) is 0 Å². The lowest BCUT2D eigenvalue weighted by Gasteiger charge is -2.05. The molecule has 1 aromatic carbocycles. The molecule has 0 fully saturated rings. The molecule has 0 saturated carbocycles. The number of benzene rings is 1. The number of sulfonamides is 1. The Bertz CT molecular complexity index is 486. The highest BCUT2D eigenvalue weighted by Crippen LogP contribution is 2.09. The van der Waals surface area contributed by atoms with Crippen LogP contribution in [-0.2, 0) is 21.4 Å². The van der Waals surface area contributed by atoms with E-state index < -0.39 is 21.7 Å². The Labute approximate surface area is 104 Å². The molecule has 0 aliphatic heterocycles. The van der Waals surface area contributed by atoms with Crippen molar-refractivity contribution in [3.05, 3.63) is 34.9 Å². The van der Waals surface area contributed by atoms with Crippen molar-refractivity contribution in [2.24, 2.45) is 0 Å². The highest BCUT2D eigenvalue weighted by Gasteiger charge is 2.15. The van der Waals surface area contributed by atoms with Crippen molar-refractivity contribution in [2.75, 3.05) is 5.75 Å². The molecule has 6 nitrogen and oxygen atoms in total. The zero-order valence-corrected chi connectivity index (χ0v) is 10.3. The van der Waals surface area contributed by atoms with Gasteiger partial charge in [-0.1, -0.05) is 23.7 Å². The molecule has 0 aromatic heterocycles. The fourth-order valence-electron chi connectivity index (χ4n) is 1.05. The fraction of sp³-hybridized carbons (Fsp3) is 0.222. The summed E-state index contributed by atoms with van der Waals surface area (Å²) in [4.78, 5) is 10.7. The molecule has 1 aromatic rings. The van der Waals surface area contributed by atoms with Gasteiger partial charge >= 0.3 is 0 Å². The van der Waals surface area contributed by atoms with Crippen molar-refractivity contribution in [1.82, 2.24) is 10.2 Å². The molecular weight excluding hydrogens is 268 g/mol. The topological polar surface area (TPSA) is 95.5 Å². The van der Waals surface area contributed by atoms with Crippen LogP contribution in [0.3, 0.4) is 0 Å². The molecule has 0 heterocycles. The SMILES string of the molecule is O=C(CS(=O)(=O)NCc1ccc(Cl)cc1)NO. The lowest BCUT2D eigenvalue weighted by Crippen LogP contribution is -2.34. The Balaban J connectivity index is 2.55. The minimum Gasteiger partial charge on any atom is -0.289 e. The van der Waals surface area contributed by atoms with Gasteiger partial charge in [-0.2, -0.15) is 0 Å². The van der Waals surface area contributed by atoms with Crippen LogP contribution in [0.2, 0.25) is 5.02 Å². The summed E-state index contributed by atoms with van der Waals surface area (Å²) in [5.41, 5.74) is 1.96. The van der Waals surface area contributed by atoms with Crippen molar-refractivity contribution in [2.45, 2.75) is 6.54 Å². The van der Waals surface area contributed by atoms with Crippen LogP contribution >= 0.6 is 11.6 Å². The Morgan fingerprint density at radius 1 is 1.29 bits per heavy atom. The van der Waals surface area contributed by atoms with Crippen LogP contribution in [0.1, 0.15) is 5.56 Å². The van der Waals surface area contributed by atoms with E-state index in [-0.39, 0.29) is 6.54 Å². The summed E-state index contributed by atoms with van der Waals surface area (Å²) in [5.74, 6) is -1.81. The third-order valence-corrected chi connectivity index (χ3v) is 3.33. The van der Waals surface area contributed by atoms with E-state index in [9.17, 15) is 13.2 Å². The van der Waals surface area contributed by atoms with Gasteiger partial charge in [0.25, 0.3) is 5.91 Å². The number of carbonyl (C=O) groups excluding carboxylic acids is 1. The van der Waals surface area contributed by atoms with E-state index in [2.05, 4.69) is 4.72 Å². The minimum atomic E-state index is -3.76. The van der Waals surface area contributed by atoms with Crippen molar-refractivity contribution in [3.63, 3.8) is 0 Å². The normalized spacial score (nSPS) is 11.2. The summed E-state index contributed by atoms with van der Waals surface area (Å²) >= 11 is 5.67. The second-order valence-corrected chi connectivity index (χ2v) is 5.48. The van der Waals surface area contributed by atoms with Crippen LogP contribution < -0.4 is 10.2 Å². The zero-order valence-electron chi connectivity index (χ0n) is 8.68. The number of hydroxylamine groups is 1. The maximum Gasteiger partial charge on any atom is 0.259 e. The number of halogens is 1. The number of hydrogen-bond acceptors (Lipinski definition) is 4. The minimum absolute atomic E-state index is 0.0538. The standard InChI is InChI=1S/C9H11ClN2O4S/c10-8-3-1-7(2-4-8)5-11-17(15,16)6-9(13)12-14/h1-4,11,14H,5-6H2,(H,12,13). The number of nitrogens with one attached hydrogen (secondary N) is 2. The molecular formula is C9H11ClN2O4S. The maximum atomic E-state index is 11.3. The Kier molecular flexibility index (Phi) is 4.88. The monoisotopic (exact) mass is 278 g/mol. The quantitative estimate of drug-likeness (QED) is 0.532. The molecule has 0 spiro atoms. The fourth-order valence-corrected chi connectivity index (χ4v) is 2.08. The number of hydrogen-bond donors (Lipinski definition) is 3. The highest BCUT2D eigenvalue weighted by molar-refractivity contribution is 7.90. The zero-order chi connectivity index (χ0) is 12.9. The number of amides is 1. The summed E-state index contributed by atoms with van der Waals surface area (Å²) in [6, 6.07) is 6.59. The van der Waals surface area contributed by atoms with Gasteiger partial charge in [0.2, 0.25) is 10.0 Å². The van der Waals surface area contributed by atoms with Gasteiger partial charge in [0.15, 0.2) is 0 Å². The van der Waals surface area contributed by atoms with Crippen LogP contribution in [0.4, 0.5) is 0 Å². The molecule has 17 heavy (non-hydrogen) atoms. The van der Waals surface area contributed by atoms with Gasteiger partial charge in [-0.05, 0) is 17.7 Å². The molecule has 94 valence electrons. The van der Waals surface area contributed by atoms with Crippen LogP contribution in [-0.4, -0.2) is 25.3 Å². The lowest BCUT2D eigenvalue weighted by molar-refractivity contribution is -0.126. The molecule has 0 aliphatic carbocycles. The van der Waals surface area contributed by atoms with Gasteiger partial charge in [-0.25, -0.2) is 18.6 Å². The summed E-state index contributed by atoms with van der Waals surface area (Å²) in [7, 11) is -3.76.